The van der Waals surface area contributed by atoms with Crippen LogP contribution in [0.4, 0.5) is 0 Å². The number of benzene rings is 1. The molecule has 0 aliphatic carbocycles. The number of hydrogen-bond acceptors (Lipinski definition) is 3. The predicted octanol–water partition coefficient (Wildman–Crippen LogP) is 1.16. The van der Waals surface area contributed by atoms with Crippen LogP contribution in [-0.2, 0) is 0 Å². The predicted molar refractivity (Wildman–Crippen MR) is 57.4 cm³/mol. The van der Waals surface area contributed by atoms with Gasteiger partial charge in [-0.15, -0.1) is 0 Å². The fourth-order valence-electron chi connectivity index (χ4n) is 1.45. The van der Waals surface area contributed by atoms with E-state index in [4.69, 9.17) is 4.74 Å². The Morgan fingerprint density at radius 2 is 2.00 bits per heavy atom. The molecule has 0 spiro atoms. The topological polar surface area (TPSA) is 41.5 Å². The Labute approximate surface area is 91.2 Å². The van der Waals surface area contributed by atoms with E-state index in [9.17, 15) is 5.11 Å². The summed E-state index contributed by atoms with van der Waals surface area (Å²) in [6.07, 6.45) is -0.533. The Hall–Kier alpha value is -0.580. The van der Waals surface area contributed by atoms with Gasteiger partial charge in [-0.2, -0.15) is 0 Å². The average molecular weight is 258 g/mol. The van der Waals surface area contributed by atoms with Crippen LogP contribution in [0.5, 0.6) is 5.75 Å². The highest BCUT2D eigenvalue weighted by Crippen LogP contribution is 2.18. The Morgan fingerprint density at radius 3 is 2.57 bits per heavy atom. The quantitative estimate of drug-likeness (QED) is 0.836. The van der Waals surface area contributed by atoms with Gasteiger partial charge in [-0.3, -0.25) is 0 Å². The molecule has 1 aromatic carbocycles. The van der Waals surface area contributed by atoms with Gasteiger partial charge in [-0.1, -0.05) is 15.9 Å². The molecule has 2 rings (SSSR count). The molecule has 0 amide bonds. The van der Waals surface area contributed by atoms with Crippen LogP contribution >= 0.6 is 15.9 Å². The highest BCUT2D eigenvalue weighted by molar-refractivity contribution is 9.10. The summed E-state index contributed by atoms with van der Waals surface area (Å²) in [6.45, 7) is 1.32. The number of ether oxygens (including phenoxy) is 1. The number of rotatable bonds is 2. The summed E-state index contributed by atoms with van der Waals surface area (Å²) in [5, 5.41) is 12.6. The number of β-amino-alcohol motifs (C(OH)–C–C–N with tert-alkyl or cyclic N) is 1. The van der Waals surface area contributed by atoms with Crippen molar-refractivity contribution in [3.63, 3.8) is 0 Å². The molecule has 0 bridgehead atoms. The van der Waals surface area contributed by atoms with E-state index in [1.165, 1.54) is 0 Å². The lowest BCUT2D eigenvalue weighted by molar-refractivity contribution is 0.0737. The van der Waals surface area contributed by atoms with E-state index in [-0.39, 0.29) is 6.10 Å². The van der Waals surface area contributed by atoms with Crippen LogP contribution in [0.2, 0.25) is 0 Å². The minimum absolute atomic E-state index is 0.129. The molecule has 76 valence electrons. The highest BCUT2D eigenvalue weighted by Gasteiger charge is 2.26. The van der Waals surface area contributed by atoms with Crippen LogP contribution in [-0.4, -0.2) is 30.4 Å². The molecule has 0 aromatic heterocycles. The monoisotopic (exact) mass is 257 g/mol. The van der Waals surface area contributed by atoms with Gasteiger partial charge in [0.05, 0.1) is 0 Å². The molecule has 2 N–H and O–H groups in total. The summed E-state index contributed by atoms with van der Waals surface area (Å²) in [5.41, 5.74) is 0. The van der Waals surface area contributed by atoms with Crippen molar-refractivity contribution >= 4 is 15.9 Å². The Bertz CT molecular complexity index is 301. The highest BCUT2D eigenvalue weighted by atomic mass is 79.9. The van der Waals surface area contributed by atoms with Crippen LogP contribution in [0.3, 0.4) is 0 Å². The second-order valence-corrected chi connectivity index (χ2v) is 4.25. The van der Waals surface area contributed by atoms with Crippen molar-refractivity contribution in [3.8, 4) is 5.75 Å². The van der Waals surface area contributed by atoms with Gasteiger partial charge >= 0.3 is 0 Å². The third kappa shape index (κ3) is 2.26. The average Bonchev–Trinajstić information content (AvgIpc) is 2.56. The summed E-state index contributed by atoms with van der Waals surface area (Å²) in [6, 6.07) is 7.61. The van der Waals surface area contributed by atoms with Gasteiger partial charge in [0.25, 0.3) is 0 Å². The van der Waals surface area contributed by atoms with E-state index in [0.29, 0.717) is 13.1 Å². The van der Waals surface area contributed by atoms with Crippen molar-refractivity contribution in [2.24, 2.45) is 0 Å². The fourth-order valence-corrected chi connectivity index (χ4v) is 1.71. The first kappa shape index (κ1) is 9.96. The third-order valence-electron chi connectivity index (χ3n) is 2.23. The van der Waals surface area contributed by atoms with E-state index in [1.54, 1.807) is 0 Å². The van der Waals surface area contributed by atoms with Gasteiger partial charge in [0.15, 0.2) is 0 Å². The van der Waals surface area contributed by atoms with E-state index in [2.05, 4.69) is 21.2 Å². The van der Waals surface area contributed by atoms with Crippen LogP contribution < -0.4 is 10.1 Å². The smallest absolute Gasteiger partial charge is 0.138 e. The van der Waals surface area contributed by atoms with Gasteiger partial charge in [-0.05, 0) is 24.3 Å². The summed E-state index contributed by atoms with van der Waals surface area (Å²) >= 11 is 3.35. The zero-order valence-electron chi connectivity index (χ0n) is 7.61. The Kier molecular flexibility index (Phi) is 3.05. The largest absolute Gasteiger partial charge is 0.486 e. The second-order valence-electron chi connectivity index (χ2n) is 3.34. The Balaban J connectivity index is 2.00. The lowest BCUT2D eigenvalue weighted by atomic mass is 10.2. The zero-order chi connectivity index (χ0) is 9.97. The molecular formula is C10H12BrNO2. The molecular weight excluding hydrogens is 246 g/mol. The van der Waals surface area contributed by atoms with Crippen molar-refractivity contribution in [3.05, 3.63) is 28.7 Å². The maximum absolute atomic E-state index is 9.51. The first-order chi connectivity index (χ1) is 6.75. The second kappa shape index (κ2) is 4.29. The maximum atomic E-state index is 9.51. The minimum Gasteiger partial charge on any atom is -0.486 e. The molecule has 0 unspecified atom stereocenters. The van der Waals surface area contributed by atoms with Crippen molar-refractivity contribution in [1.82, 2.24) is 5.32 Å². The Morgan fingerprint density at radius 1 is 1.29 bits per heavy atom. The fraction of sp³-hybridized carbons (Fsp3) is 0.400. The maximum Gasteiger partial charge on any atom is 0.138 e. The zero-order valence-corrected chi connectivity index (χ0v) is 9.20. The first-order valence-corrected chi connectivity index (χ1v) is 5.36. The molecule has 1 saturated heterocycles. The number of aliphatic hydroxyl groups excluding tert-OH is 1. The van der Waals surface area contributed by atoms with Crippen LogP contribution in [0.15, 0.2) is 28.7 Å². The molecule has 1 aliphatic rings. The van der Waals surface area contributed by atoms with E-state index < -0.39 is 6.10 Å². The molecule has 1 fully saturated rings. The first-order valence-electron chi connectivity index (χ1n) is 4.57. The number of halogens is 1. The summed E-state index contributed by atoms with van der Waals surface area (Å²) < 4.78 is 6.63. The van der Waals surface area contributed by atoms with Gasteiger partial charge < -0.3 is 15.2 Å². The molecule has 4 heteroatoms. The van der Waals surface area contributed by atoms with Crippen molar-refractivity contribution in [1.29, 1.82) is 0 Å². The lowest BCUT2D eigenvalue weighted by Crippen LogP contribution is -2.29. The summed E-state index contributed by atoms with van der Waals surface area (Å²) in [7, 11) is 0. The van der Waals surface area contributed by atoms with E-state index >= 15 is 0 Å². The molecule has 2 atom stereocenters. The molecule has 1 aliphatic heterocycles. The molecule has 1 aromatic rings. The van der Waals surface area contributed by atoms with Gasteiger partial charge in [0.1, 0.15) is 18.0 Å². The lowest BCUT2D eigenvalue weighted by Gasteiger charge is -2.15. The molecule has 1 heterocycles. The molecule has 0 radical (unpaired) electrons. The van der Waals surface area contributed by atoms with Crippen LogP contribution in [0, 0.1) is 0 Å². The normalized spacial score (nSPS) is 26.4. The molecule has 0 saturated carbocycles. The van der Waals surface area contributed by atoms with Gasteiger partial charge in [-0.25, -0.2) is 0 Å². The SMILES string of the molecule is O[C@@H]1CNC[C@H]1Oc1ccc(Br)cc1. The van der Waals surface area contributed by atoms with Crippen molar-refractivity contribution < 1.29 is 9.84 Å². The van der Waals surface area contributed by atoms with Crippen molar-refractivity contribution in [2.75, 3.05) is 13.1 Å². The molecule has 14 heavy (non-hydrogen) atoms. The van der Waals surface area contributed by atoms with Crippen LogP contribution in [0.25, 0.3) is 0 Å². The number of hydrogen-bond donors (Lipinski definition) is 2. The van der Waals surface area contributed by atoms with Gasteiger partial charge in [0, 0.05) is 17.6 Å². The summed E-state index contributed by atoms with van der Waals surface area (Å²) in [4.78, 5) is 0. The molecule has 3 nitrogen and oxygen atoms in total. The standard InChI is InChI=1S/C10H12BrNO2/c11-7-1-3-8(4-2-7)14-10-6-12-5-9(10)13/h1-4,9-10,12-13H,5-6H2/t9-,10-/m1/s1. The minimum atomic E-state index is -0.404. The van der Waals surface area contributed by atoms with E-state index in [1.807, 2.05) is 24.3 Å². The summed E-state index contributed by atoms with van der Waals surface area (Å²) in [5.74, 6) is 0.793. The third-order valence-corrected chi connectivity index (χ3v) is 2.76. The van der Waals surface area contributed by atoms with Gasteiger partial charge in [0.2, 0.25) is 0 Å². The van der Waals surface area contributed by atoms with Crippen LogP contribution in [0.1, 0.15) is 0 Å². The van der Waals surface area contributed by atoms with E-state index in [0.717, 1.165) is 10.2 Å². The number of aliphatic hydroxyl groups is 1. The van der Waals surface area contributed by atoms with Crippen molar-refractivity contribution in [2.45, 2.75) is 12.2 Å². The number of nitrogens with one attached hydrogen (secondary N) is 1.